The number of aryl methyl sites for hydroxylation is 1. The van der Waals surface area contributed by atoms with Crippen LogP contribution >= 0.6 is 0 Å². The first-order valence-corrected chi connectivity index (χ1v) is 3.96. The Morgan fingerprint density at radius 1 is 1.33 bits per heavy atom. The number of ether oxygens (including phenoxy) is 1. The number of terminal acetylenes is 1. The van der Waals surface area contributed by atoms with E-state index in [4.69, 9.17) is 11.2 Å². The van der Waals surface area contributed by atoms with Crippen molar-refractivity contribution in [1.29, 1.82) is 0 Å². The molecule has 0 N–H and O–H groups in total. The summed E-state index contributed by atoms with van der Waals surface area (Å²) in [5.41, 5.74) is 1.24. The minimum absolute atomic E-state index is 0.597. The summed E-state index contributed by atoms with van der Waals surface area (Å²) < 4.78 is 5.36. The van der Waals surface area contributed by atoms with Gasteiger partial charge in [0, 0.05) is 6.42 Å². The van der Waals surface area contributed by atoms with Crippen molar-refractivity contribution >= 4 is 0 Å². The zero-order valence-electron chi connectivity index (χ0n) is 7.21. The molecule has 1 nitrogen and oxygen atoms in total. The van der Waals surface area contributed by atoms with Crippen LogP contribution in [-0.2, 0) is 0 Å². The van der Waals surface area contributed by atoms with Gasteiger partial charge in [0.1, 0.15) is 5.75 Å². The van der Waals surface area contributed by atoms with Crippen LogP contribution in [0.1, 0.15) is 12.0 Å². The van der Waals surface area contributed by atoms with Crippen LogP contribution in [0.25, 0.3) is 0 Å². The third-order valence-electron chi connectivity index (χ3n) is 1.54. The molecule has 0 saturated heterocycles. The predicted molar refractivity (Wildman–Crippen MR) is 50.1 cm³/mol. The lowest BCUT2D eigenvalue weighted by atomic mass is 10.2. The Morgan fingerprint density at radius 2 is 2.00 bits per heavy atom. The summed E-state index contributed by atoms with van der Waals surface area (Å²) in [6.45, 7) is 2.64. The van der Waals surface area contributed by atoms with Gasteiger partial charge in [-0.25, -0.2) is 0 Å². The van der Waals surface area contributed by atoms with E-state index < -0.39 is 0 Å². The molecule has 1 aromatic rings. The van der Waals surface area contributed by atoms with Crippen LogP contribution in [0.4, 0.5) is 0 Å². The van der Waals surface area contributed by atoms with E-state index in [1.807, 2.05) is 31.2 Å². The van der Waals surface area contributed by atoms with Crippen molar-refractivity contribution in [2.75, 3.05) is 6.61 Å². The topological polar surface area (TPSA) is 9.23 Å². The zero-order valence-corrected chi connectivity index (χ0v) is 7.21. The number of hydrogen-bond acceptors (Lipinski definition) is 1. The van der Waals surface area contributed by atoms with E-state index >= 15 is 0 Å². The second kappa shape index (κ2) is 4.46. The van der Waals surface area contributed by atoms with Crippen molar-refractivity contribution in [1.82, 2.24) is 0 Å². The lowest BCUT2D eigenvalue weighted by Gasteiger charge is -2.03. The third-order valence-corrected chi connectivity index (χ3v) is 1.54. The van der Waals surface area contributed by atoms with Gasteiger partial charge < -0.3 is 4.74 Å². The lowest BCUT2D eigenvalue weighted by molar-refractivity contribution is 0.327. The Labute approximate surface area is 73.4 Å². The molecule has 0 aliphatic carbocycles. The van der Waals surface area contributed by atoms with Gasteiger partial charge >= 0.3 is 0 Å². The smallest absolute Gasteiger partial charge is 0.119 e. The van der Waals surface area contributed by atoms with Crippen LogP contribution in [0, 0.1) is 19.3 Å². The maximum Gasteiger partial charge on any atom is 0.119 e. The summed E-state index contributed by atoms with van der Waals surface area (Å²) in [5, 5.41) is 0. The molecule has 0 heterocycles. The average molecular weight is 160 g/mol. The molecule has 0 aliphatic heterocycles. The van der Waals surface area contributed by atoms with Crippen molar-refractivity contribution in [3.63, 3.8) is 0 Å². The molecule has 0 bridgehead atoms. The lowest BCUT2D eigenvalue weighted by Crippen LogP contribution is -1.95. The van der Waals surface area contributed by atoms with Gasteiger partial charge in [-0.2, -0.15) is 0 Å². The summed E-state index contributed by atoms with van der Waals surface area (Å²) in [6.07, 6.45) is 5.75. The molecule has 1 heteroatoms. The molecule has 0 atom stereocenters. The SMILES string of the molecule is C#CCCOc1ccc(C)cc1. The molecule has 1 aromatic carbocycles. The third kappa shape index (κ3) is 2.67. The van der Waals surface area contributed by atoms with Crippen LogP contribution < -0.4 is 4.74 Å². The molecule has 0 fully saturated rings. The van der Waals surface area contributed by atoms with Crippen LogP contribution in [0.15, 0.2) is 24.3 Å². The fraction of sp³-hybridized carbons (Fsp3) is 0.273. The quantitative estimate of drug-likeness (QED) is 0.487. The molecule has 0 saturated carbocycles. The summed E-state index contributed by atoms with van der Waals surface area (Å²) in [7, 11) is 0. The zero-order chi connectivity index (χ0) is 8.81. The molecule has 62 valence electrons. The van der Waals surface area contributed by atoms with Gasteiger partial charge in [-0.15, -0.1) is 12.3 Å². The van der Waals surface area contributed by atoms with E-state index in [1.54, 1.807) is 0 Å². The van der Waals surface area contributed by atoms with Crippen molar-refractivity contribution in [2.45, 2.75) is 13.3 Å². The van der Waals surface area contributed by atoms with Crippen molar-refractivity contribution in [3.8, 4) is 18.1 Å². The highest BCUT2D eigenvalue weighted by Crippen LogP contribution is 2.11. The van der Waals surface area contributed by atoms with Gasteiger partial charge in [0.05, 0.1) is 6.61 Å². The molecule has 0 aromatic heterocycles. The van der Waals surface area contributed by atoms with Gasteiger partial charge in [0.15, 0.2) is 0 Å². The Bertz CT molecular complexity index is 266. The molecular formula is C11H12O. The minimum Gasteiger partial charge on any atom is -0.493 e. The van der Waals surface area contributed by atoms with Crippen LogP contribution in [0.5, 0.6) is 5.75 Å². The van der Waals surface area contributed by atoms with E-state index in [0.717, 1.165) is 5.75 Å². The fourth-order valence-corrected chi connectivity index (χ4v) is 0.862. The van der Waals surface area contributed by atoms with Gasteiger partial charge in [0.2, 0.25) is 0 Å². The molecule has 0 spiro atoms. The Kier molecular flexibility index (Phi) is 3.22. The molecule has 0 unspecified atom stereocenters. The average Bonchev–Trinajstić information content (AvgIpc) is 2.09. The summed E-state index contributed by atoms with van der Waals surface area (Å²) >= 11 is 0. The summed E-state index contributed by atoms with van der Waals surface area (Å²) in [4.78, 5) is 0. The van der Waals surface area contributed by atoms with E-state index in [2.05, 4.69) is 5.92 Å². The van der Waals surface area contributed by atoms with E-state index in [9.17, 15) is 0 Å². The fourth-order valence-electron chi connectivity index (χ4n) is 0.862. The minimum atomic E-state index is 0.597. The highest BCUT2D eigenvalue weighted by Gasteiger charge is 1.90. The van der Waals surface area contributed by atoms with Crippen molar-refractivity contribution in [2.24, 2.45) is 0 Å². The first-order valence-electron chi connectivity index (χ1n) is 3.96. The normalized spacial score (nSPS) is 9.00. The maximum absolute atomic E-state index is 5.36. The molecule has 0 aliphatic rings. The second-order valence-electron chi connectivity index (χ2n) is 2.62. The molecule has 12 heavy (non-hydrogen) atoms. The van der Waals surface area contributed by atoms with Crippen molar-refractivity contribution < 1.29 is 4.74 Å². The highest BCUT2D eigenvalue weighted by atomic mass is 16.5. The van der Waals surface area contributed by atoms with E-state index in [0.29, 0.717) is 13.0 Å². The van der Waals surface area contributed by atoms with E-state index in [-0.39, 0.29) is 0 Å². The van der Waals surface area contributed by atoms with Crippen LogP contribution in [-0.4, -0.2) is 6.61 Å². The second-order valence-corrected chi connectivity index (χ2v) is 2.62. The Morgan fingerprint density at radius 3 is 2.58 bits per heavy atom. The first-order chi connectivity index (χ1) is 5.83. The van der Waals surface area contributed by atoms with Gasteiger partial charge in [0.25, 0.3) is 0 Å². The Balaban J connectivity index is 2.43. The standard InChI is InChI=1S/C11H12O/c1-3-4-9-12-11-7-5-10(2)6-8-11/h1,5-8H,4,9H2,2H3. The highest BCUT2D eigenvalue weighted by molar-refractivity contribution is 5.26. The monoisotopic (exact) mass is 160 g/mol. The van der Waals surface area contributed by atoms with Gasteiger partial charge in [-0.3, -0.25) is 0 Å². The summed E-state index contributed by atoms with van der Waals surface area (Å²) in [5.74, 6) is 3.41. The molecule has 0 amide bonds. The molecule has 0 radical (unpaired) electrons. The number of benzene rings is 1. The van der Waals surface area contributed by atoms with Gasteiger partial charge in [-0.1, -0.05) is 17.7 Å². The summed E-state index contributed by atoms with van der Waals surface area (Å²) in [6, 6.07) is 7.94. The molecular weight excluding hydrogens is 148 g/mol. The predicted octanol–water partition coefficient (Wildman–Crippen LogP) is 2.40. The molecule has 1 rings (SSSR count). The number of rotatable bonds is 3. The van der Waals surface area contributed by atoms with Crippen molar-refractivity contribution in [3.05, 3.63) is 29.8 Å². The van der Waals surface area contributed by atoms with Crippen LogP contribution in [0.2, 0.25) is 0 Å². The first kappa shape index (κ1) is 8.67. The largest absolute Gasteiger partial charge is 0.493 e. The van der Waals surface area contributed by atoms with Gasteiger partial charge in [-0.05, 0) is 19.1 Å². The maximum atomic E-state index is 5.36. The Hall–Kier alpha value is -1.42. The van der Waals surface area contributed by atoms with E-state index in [1.165, 1.54) is 5.56 Å². The number of hydrogen-bond donors (Lipinski definition) is 0. The van der Waals surface area contributed by atoms with Crippen LogP contribution in [0.3, 0.4) is 0 Å².